The zero-order chi connectivity index (χ0) is 16.3. The van der Waals surface area contributed by atoms with Gasteiger partial charge < -0.3 is 9.64 Å². The highest BCUT2D eigenvalue weighted by Gasteiger charge is 2.23. The zero-order valence-corrected chi connectivity index (χ0v) is 14.3. The number of nitriles is 1. The van der Waals surface area contributed by atoms with E-state index in [4.69, 9.17) is 4.74 Å². The van der Waals surface area contributed by atoms with Crippen molar-refractivity contribution in [2.45, 2.75) is 11.1 Å². The van der Waals surface area contributed by atoms with Crippen molar-refractivity contribution in [3.63, 3.8) is 0 Å². The lowest BCUT2D eigenvalue weighted by Crippen LogP contribution is -2.08. The minimum atomic E-state index is -0.420. The van der Waals surface area contributed by atoms with Crippen LogP contribution in [0.1, 0.15) is 22.2 Å². The van der Waals surface area contributed by atoms with Crippen LogP contribution in [0.25, 0.3) is 11.1 Å². The van der Waals surface area contributed by atoms with Gasteiger partial charge in [-0.05, 0) is 24.6 Å². The molecule has 0 saturated heterocycles. The maximum absolute atomic E-state index is 12.1. The molecule has 4 nitrogen and oxygen atoms in total. The summed E-state index contributed by atoms with van der Waals surface area (Å²) in [5.41, 5.74) is 2.86. The van der Waals surface area contributed by atoms with Crippen molar-refractivity contribution in [3.05, 3.63) is 34.7 Å². The van der Waals surface area contributed by atoms with Crippen LogP contribution in [0.2, 0.25) is 0 Å². The summed E-state index contributed by atoms with van der Waals surface area (Å²) >= 11 is 5.49. The minimum Gasteiger partial charge on any atom is -0.462 e. The van der Waals surface area contributed by atoms with Gasteiger partial charge in [0, 0.05) is 25.3 Å². The Morgan fingerprint density at radius 3 is 2.50 bits per heavy atom. The van der Waals surface area contributed by atoms with Crippen LogP contribution in [-0.4, -0.2) is 26.7 Å². The van der Waals surface area contributed by atoms with Gasteiger partial charge in [0.1, 0.15) is 10.9 Å². The number of benzene rings is 1. The summed E-state index contributed by atoms with van der Waals surface area (Å²) in [6, 6.07) is 9.82. The molecule has 0 spiro atoms. The maximum atomic E-state index is 12.1. The molecule has 2 rings (SSSR count). The summed E-state index contributed by atoms with van der Waals surface area (Å²) < 4.78 is 5.61. The van der Waals surface area contributed by atoms with Gasteiger partial charge in [-0.25, -0.2) is 4.79 Å². The molecule has 1 aromatic carbocycles. The summed E-state index contributed by atoms with van der Waals surface area (Å²) in [7, 11) is 3.91. The number of esters is 1. The number of anilines is 1. The first kappa shape index (κ1) is 16.4. The Kier molecular flexibility index (Phi) is 5.11. The number of rotatable bonds is 4. The molecule has 0 aliphatic heterocycles. The molecule has 2 aromatic rings. The van der Waals surface area contributed by atoms with Gasteiger partial charge in [-0.2, -0.15) is 5.26 Å². The number of carbonyl (C=O) groups excluding carboxylic acids is 1. The van der Waals surface area contributed by atoms with Crippen molar-refractivity contribution in [1.82, 2.24) is 0 Å². The Morgan fingerprint density at radius 2 is 2.00 bits per heavy atom. The number of thiol groups is 1. The van der Waals surface area contributed by atoms with E-state index in [0.29, 0.717) is 26.8 Å². The fraction of sp³-hybridized carbons (Fsp3) is 0.250. The Bertz CT molecular complexity index is 728. The zero-order valence-electron chi connectivity index (χ0n) is 12.6. The van der Waals surface area contributed by atoms with E-state index < -0.39 is 5.97 Å². The lowest BCUT2D eigenvalue weighted by molar-refractivity contribution is 0.0533. The van der Waals surface area contributed by atoms with Gasteiger partial charge in [-0.3, -0.25) is 0 Å². The molecule has 0 N–H and O–H groups in total. The second-order valence-electron chi connectivity index (χ2n) is 4.76. The monoisotopic (exact) mass is 332 g/mol. The van der Waals surface area contributed by atoms with Crippen LogP contribution in [0.15, 0.2) is 28.5 Å². The van der Waals surface area contributed by atoms with Gasteiger partial charge in [0.2, 0.25) is 0 Å². The first-order valence-electron chi connectivity index (χ1n) is 6.70. The third kappa shape index (κ3) is 3.11. The lowest BCUT2D eigenvalue weighted by atomic mass is 10.0. The molecule has 0 atom stereocenters. The summed E-state index contributed by atoms with van der Waals surface area (Å²) in [5, 5.41) is 9.38. The highest BCUT2D eigenvalue weighted by atomic mass is 32.2. The highest BCUT2D eigenvalue weighted by Crippen LogP contribution is 2.39. The van der Waals surface area contributed by atoms with Gasteiger partial charge in [0.15, 0.2) is 0 Å². The van der Waals surface area contributed by atoms with Crippen LogP contribution in [0, 0.1) is 11.3 Å². The predicted molar refractivity (Wildman–Crippen MR) is 92.0 cm³/mol. The van der Waals surface area contributed by atoms with Crippen molar-refractivity contribution < 1.29 is 9.53 Å². The summed E-state index contributed by atoms with van der Waals surface area (Å²) in [4.78, 5) is 14.5. The van der Waals surface area contributed by atoms with Crippen molar-refractivity contribution in [2.24, 2.45) is 0 Å². The first-order chi connectivity index (χ1) is 10.5. The van der Waals surface area contributed by atoms with E-state index in [0.717, 1.165) is 11.3 Å². The summed E-state index contributed by atoms with van der Waals surface area (Å²) in [6.07, 6.45) is 0. The van der Waals surface area contributed by atoms with Crippen molar-refractivity contribution in [3.8, 4) is 17.2 Å². The molecular formula is C16H16N2O2S2. The number of hydrogen-bond acceptors (Lipinski definition) is 6. The van der Waals surface area contributed by atoms with E-state index in [1.165, 1.54) is 11.3 Å². The van der Waals surface area contributed by atoms with E-state index in [9.17, 15) is 10.1 Å². The smallest absolute Gasteiger partial charge is 0.349 e. The Morgan fingerprint density at radius 1 is 1.36 bits per heavy atom. The van der Waals surface area contributed by atoms with E-state index in [2.05, 4.69) is 18.7 Å². The second kappa shape index (κ2) is 6.86. The molecule has 0 fully saturated rings. The van der Waals surface area contributed by atoms with Crippen LogP contribution in [-0.2, 0) is 4.74 Å². The molecule has 0 aliphatic rings. The van der Waals surface area contributed by atoms with Gasteiger partial charge in [0.25, 0.3) is 0 Å². The van der Waals surface area contributed by atoms with Crippen LogP contribution < -0.4 is 4.90 Å². The number of ether oxygens (including phenoxy) is 1. The molecule has 0 radical (unpaired) electrons. The van der Waals surface area contributed by atoms with Gasteiger partial charge in [0.05, 0.1) is 16.4 Å². The Hall–Kier alpha value is -1.97. The summed E-state index contributed by atoms with van der Waals surface area (Å²) in [5.74, 6) is -0.420. The normalized spacial score (nSPS) is 10.1. The molecule has 0 aliphatic carbocycles. The highest BCUT2D eigenvalue weighted by molar-refractivity contribution is 7.83. The molecule has 0 saturated carbocycles. The fourth-order valence-corrected chi connectivity index (χ4v) is 3.41. The van der Waals surface area contributed by atoms with Crippen LogP contribution in [0.4, 0.5) is 5.69 Å². The quantitative estimate of drug-likeness (QED) is 0.683. The number of thiophene rings is 1. The second-order valence-corrected chi connectivity index (χ2v) is 6.53. The fourth-order valence-electron chi connectivity index (χ4n) is 2.06. The van der Waals surface area contributed by atoms with Crippen molar-refractivity contribution >= 4 is 35.6 Å². The molecule has 1 aromatic heterocycles. The minimum absolute atomic E-state index is 0.291. The van der Waals surface area contributed by atoms with Crippen molar-refractivity contribution in [2.75, 3.05) is 25.6 Å². The average molecular weight is 332 g/mol. The molecular weight excluding hydrogens is 316 g/mol. The van der Waals surface area contributed by atoms with Crippen LogP contribution in [0.5, 0.6) is 0 Å². The Labute approximate surface area is 139 Å². The molecule has 0 bridgehead atoms. The molecule has 6 heteroatoms. The molecule has 1 heterocycles. The molecule has 0 unspecified atom stereocenters. The van der Waals surface area contributed by atoms with Gasteiger partial charge in [-0.15, -0.1) is 24.0 Å². The standard InChI is InChI=1S/C16H16N2O2S2/c1-4-20-15(19)14-13(12(9-17)16(21)22-14)10-5-7-11(8-6-10)18(2)3/h5-8,21H,4H2,1-3H3. The maximum Gasteiger partial charge on any atom is 0.349 e. The molecule has 0 amide bonds. The van der Waals surface area contributed by atoms with Gasteiger partial charge in [-0.1, -0.05) is 12.1 Å². The molecule has 22 heavy (non-hydrogen) atoms. The van der Waals surface area contributed by atoms with Crippen LogP contribution in [0.3, 0.4) is 0 Å². The predicted octanol–water partition coefficient (Wildman–Crippen LogP) is 3.82. The van der Waals surface area contributed by atoms with Crippen molar-refractivity contribution in [1.29, 1.82) is 5.26 Å². The Balaban J connectivity index is 2.57. The van der Waals surface area contributed by atoms with E-state index >= 15 is 0 Å². The number of carbonyl (C=O) groups is 1. The van der Waals surface area contributed by atoms with Crippen LogP contribution >= 0.6 is 24.0 Å². The first-order valence-corrected chi connectivity index (χ1v) is 7.96. The number of hydrogen-bond donors (Lipinski definition) is 1. The van der Waals surface area contributed by atoms with Gasteiger partial charge >= 0.3 is 5.97 Å². The third-order valence-electron chi connectivity index (χ3n) is 3.13. The largest absolute Gasteiger partial charge is 0.462 e. The third-order valence-corrected chi connectivity index (χ3v) is 4.60. The van der Waals surface area contributed by atoms with E-state index in [-0.39, 0.29) is 0 Å². The number of nitrogens with zero attached hydrogens (tertiary/aromatic N) is 2. The van der Waals surface area contributed by atoms with E-state index in [1.807, 2.05) is 43.3 Å². The van der Waals surface area contributed by atoms with E-state index in [1.54, 1.807) is 6.92 Å². The topological polar surface area (TPSA) is 53.3 Å². The SMILES string of the molecule is CCOC(=O)c1sc(S)c(C#N)c1-c1ccc(N(C)C)cc1. The average Bonchev–Trinajstić information content (AvgIpc) is 2.84. The lowest BCUT2D eigenvalue weighted by Gasteiger charge is -2.13. The summed E-state index contributed by atoms with van der Waals surface area (Å²) in [6.45, 7) is 2.05. The molecule has 114 valence electrons.